The summed E-state index contributed by atoms with van der Waals surface area (Å²) < 4.78 is 2.19. The molecule has 0 saturated carbocycles. The fourth-order valence-corrected chi connectivity index (χ4v) is 3.39. The van der Waals surface area contributed by atoms with E-state index in [0.29, 0.717) is 12.0 Å². The summed E-state index contributed by atoms with van der Waals surface area (Å²) in [4.78, 5) is 2.55. The molecule has 0 radical (unpaired) electrons. The SMILES string of the molecule is CCC(C)n1nccc1CN1CCc2cc(C(C)C)ccc2C1. The van der Waals surface area contributed by atoms with E-state index in [-0.39, 0.29) is 0 Å². The van der Waals surface area contributed by atoms with Crippen LogP contribution < -0.4 is 0 Å². The third-order valence-electron chi connectivity index (χ3n) is 5.13. The summed E-state index contributed by atoms with van der Waals surface area (Å²) in [5.74, 6) is 0.614. The highest BCUT2D eigenvalue weighted by atomic mass is 15.3. The van der Waals surface area contributed by atoms with Crippen molar-refractivity contribution in [3.63, 3.8) is 0 Å². The van der Waals surface area contributed by atoms with Crippen LogP contribution in [0, 0.1) is 0 Å². The van der Waals surface area contributed by atoms with Gasteiger partial charge in [-0.2, -0.15) is 5.10 Å². The molecule has 0 N–H and O–H groups in total. The van der Waals surface area contributed by atoms with E-state index >= 15 is 0 Å². The number of hydrogen-bond donors (Lipinski definition) is 0. The minimum absolute atomic E-state index is 0.477. The van der Waals surface area contributed by atoms with Crippen LogP contribution in [0.4, 0.5) is 0 Å². The van der Waals surface area contributed by atoms with Crippen molar-refractivity contribution >= 4 is 0 Å². The summed E-state index contributed by atoms with van der Waals surface area (Å²) in [5, 5.41) is 4.52. The molecule has 1 atom stereocenters. The molecule has 1 aliphatic rings. The fraction of sp³-hybridized carbons (Fsp3) is 0.550. The maximum absolute atomic E-state index is 4.52. The smallest absolute Gasteiger partial charge is 0.0527 e. The van der Waals surface area contributed by atoms with Crippen molar-refractivity contribution in [3.8, 4) is 0 Å². The van der Waals surface area contributed by atoms with E-state index in [1.54, 1.807) is 5.56 Å². The van der Waals surface area contributed by atoms with Crippen molar-refractivity contribution in [2.24, 2.45) is 0 Å². The summed E-state index contributed by atoms with van der Waals surface area (Å²) in [7, 11) is 0. The molecule has 0 saturated heterocycles. The third-order valence-corrected chi connectivity index (χ3v) is 5.13. The van der Waals surface area contributed by atoms with E-state index in [9.17, 15) is 0 Å². The quantitative estimate of drug-likeness (QED) is 0.808. The lowest BCUT2D eigenvalue weighted by Gasteiger charge is -2.30. The minimum Gasteiger partial charge on any atom is -0.293 e. The van der Waals surface area contributed by atoms with E-state index < -0.39 is 0 Å². The molecule has 1 unspecified atom stereocenters. The van der Waals surface area contributed by atoms with Crippen molar-refractivity contribution in [2.75, 3.05) is 6.54 Å². The Kier molecular flexibility index (Phi) is 4.86. The van der Waals surface area contributed by atoms with E-state index in [1.165, 1.54) is 16.8 Å². The largest absolute Gasteiger partial charge is 0.293 e. The molecule has 1 aliphatic heterocycles. The predicted octanol–water partition coefficient (Wildman–Crippen LogP) is 4.54. The van der Waals surface area contributed by atoms with Crippen LogP contribution in [0.3, 0.4) is 0 Å². The number of fused-ring (bicyclic) bond motifs is 1. The van der Waals surface area contributed by atoms with E-state index in [1.807, 2.05) is 6.20 Å². The summed E-state index contributed by atoms with van der Waals surface area (Å²) in [6.07, 6.45) is 4.22. The first-order chi connectivity index (χ1) is 11.1. The van der Waals surface area contributed by atoms with Crippen molar-refractivity contribution < 1.29 is 0 Å². The maximum atomic E-state index is 4.52. The van der Waals surface area contributed by atoms with E-state index in [0.717, 1.165) is 32.5 Å². The van der Waals surface area contributed by atoms with Crippen LogP contribution in [0.2, 0.25) is 0 Å². The Morgan fingerprint density at radius 2 is 1.96 bits per heavy atom. The monoisotopic (exact) mass is 311 g/mol. The van der Waals surface area contributed by atoms with Crippen LogP contribution in [0.15, 0.2) is 30.5 Å². The van der Waals surface area contributed by atoms with E-state index in [2.05, 4.69) is 66.6 Å². The lowest BCUT2D eigenvalue weighted by Crippen LogP contribution is -2.31. The van der Waals surface area contributed by atoms with Crippen molar-refractivity contribution in [3.05, 3.63) is 52.8 Å². The molecule has 3 rings (SSSR count). The molecule has 1 aromatic carbocycles. The van der Waals surface area contributed by atoms with Gasteiger partial charge < -0.3 is 0 Å². The van der Waals surface area contributed by atoms with Crippen molar-refractivity contribution in [2.45, 2.75) is 65.6 Å². The lowest BCUT2D eigenvalue weighted by molar-refractivity contribution is 0.235. The predicted molar refractivity (Wildman–Crippen MR) is 95.6 cm³/mol. The number of benzene rings is 1. The second-order valence-electron chi connectivity index (χ2n) is 7.17. The van der Waals surface area contributed by atoms with Gasteiger partial charge in [0.1, 0.15) is 0 Å². The molecule has 2 aromatic rings. The molecule has 0 bridgehead atoms. The minimum atomic E-state index is 0.477. The zero-order valence-electron chi connectivity index (χ0n) is 14.9. The molecule has 3 nitrogen and oxygen atoms in total. The van der Waals surface area contributed by atoms with Crippen LogP contribution in [-0.4, -0.2) is 21.2 Å². The number of nitrogens with zero attached hydrogens (tertiary/aromatic N) is 3. The normalized spacial score (nSPS) is 16.6. The number of rotatable bonds is 5. The maximum Gasteiger partial charge on any atom is 0.0527 e. The first-order valence-electron chi connectivity index (χ1n) is 8.95. The molecule has 1 aromatic heterocycles. The third kappa shape index (κ3) is 3.50. The van der Waals surface area contributed by atoms with Crippen LogP contribution >= 0.6 is 0 Å². The second kappa shape index (κ2) is 6.88. The Morgan fingerprint density at radius 1 is 1.13 bits per heavy atom. The fourth-order valence-electron chi connectivity index (χ4n) is 3.39. The Bertz CT molecular complexity index is 657. The van der Waals surface area contributed by atoms with Crippen molar-refractivity contribution in [1.29, 1.82) is 0 Å². The van der Waals surface area contributed by atoms with Gasteiger partial charge in [0, 0.05) is 31.9 Å². The summed E-state index contributed by atoms with van der Waals surface area (Å²) >= 11 is 0. The van der Waals surface area contributed by atoms with Gasteiger partial charge in [-0.05, 0) is 48.4 Å². The standard InChI is InChI=1S/C20H29N3/c1-5-16(4)23-20(8-10-21-23)14-22-11-9-18-12-17(15(2)3)6-7-19(18)13-22/h6-8,10,12,15-16H,5,9,11,13-14H2,1-4H3. The Morgan fingerprint density at radius 3 is 2.70 bits per heavy atom. The molecule has 2 heterocycles. The van der Waals surface area contributed by atoms with Crippen molar-refractivity contribution in [1.82, 2.24) is 14.7 Å². The van der Waals surface area contributed by atoms with Gasteiger partial charge >= 0.3 is 0 Å². The average Bonchev–Trinajstić information content (AvgIpc) is 3.01. The Balaban J connectivity index is 1.72. The molecule has 0 amide bonds. The zero-order valence-corrected chi connectivity index (χ0v) is 14.9. The van der Waals surface area contributed by atoms with Gasteiger partial charge in [0.05, 0.1) is 5.69 Å². The topological polar surface area (TPSA) is 21.1 Å². The summed E-state index contributed by atoms with van der Waals surface area (Å²) in [6, 6.07) is 9.70. The van der Waals surface area contributed by atoms with Crippen LogP contribution in [0.5, 0.6) is 0 Å². The van der Waals surface area contributed by atoms with Gasteiger partial charge in [0.25, 0.3) is 0 Å². The van der Waals surface area contributed by atoms with E-state index in [4.69, 9.17) is 0 Å². The highest BCUT2D eigenvalue weighted by Crippen LogP contribution is 2.25. The molecular formula is C20H29N3. The second-order valence-corrected chi connectivity index (χ2v) is 7.17. The summed E-state index contributed by atoms with van der Waals surface area (Å²) in [5.41, 5.74) is 5.84. The van der Waals surface area contributed by atoms with Gasteiger partial charge in [-0.15, -0.1) is 0 Å². The molecular weight excluding hydrogens is 282 g/mol. The van der Waals surface area contributed by atoms with Gasteiger partial charge in [-0.3, -0.25) is 9.58 Å². The summed E-state index contributed by atoms with van der Waals surface area (Å²) in [6.45, 7) is 12.2. The highest BCUT2D eigenvalue weighted by molar-refractivity contribution is 5.35. The Labute approximate surface area is 140 Å². The molecule has 0 aliphatic carbocycles. The first-order valence-corrected chi connectivity index (χ1v) is 8.95. The first kappa shape index (κ1) is 16.3. The Hall–Kier alpha value is -1.61. The number of hydrogen-bond acceptors (Lipinski definition) is 2. The van der Waals surface area contributed by atoms with Gasteiger partial charge in [-0.1, -0.05) is 39.0 Å². The number of aromatic nitrogens is 2. The average molecular weight is 311 g/mol. The van der Waals surface area contributed by atoms with Crippen LogP contribution in [-0.2, 0) is 19.5 Å². The van der Waals surface area contributed by atoms with Crippen LogP contribution in [0.25, 0.3) is 0 Å². The van der Waals surface area contributed by atoms with Gasteiger partial charge in [0.2, 0.25) is 0 Å². The van der Waals surface area contributed by atoms with Gasteiger partial charge in [-0.25, -0.2) is 0 Å². The molecule has 0 fully saturated rings. The zero-order chi connectivity index (χ0) is 16.4. The molecule has 3 heteroatoms. The highest BCUT2D eigenvalue weighted by Gasteiger charge is 2.19. The van der Waals surface area contributed by atoms with Crippen LogP contribution in [0.1, 0.15) is 68.5 Å². The lowest BCUT2D eigenvalue weighted by atomic mass is 9.93. The van der Waals surface area contributed by atoms with Gasteiger partial charge in [0.15, 0.2) is 0 Å². The molecule has 23 heavy (non-hydrogen) atoms. The molecule has 0 spiro atoms. The molecule has 124 valence electrons.